The zero-order chi connectivity index (χ0) is 83.1. The largest absolute Gasteiger partial charge is 0.0654 e. The fourth-order valence-electron chi connectivity index (χ4n) is 11.5. The maximum atomic E-state index is 2.55. The van der Waals surface area contributed by atoms with Gasteiger partial charge in [-0.1, -0.05) is 525 Å². The monoisotopic (exact) mass is 1450 g/mol. The molecular weight excluding hydrogens is 1230 g/mol. The van der Waals surface area contributed by atoms with E-state index in [1.807, 2.05) is 0 Å². The molecule has 0 heteroatoms. The minimum absolute atomic E-state index is 0.443. The molecule has 3 saturated carbocycles. The van der Waals surface area contributed by atoms with Crippen LogP contribution in [-0.2, 0) is 0 Å². The van der Waals surface area contributed by atoms with Crippen LogP contribution in [0.15, 0.2) is 0 Å². The lowest BCUT2D eigenvalue weighted by atomic mass is 9.68. The first-order chi connectivity index (χ1) is 46.5. The first-order valence-electron chi connectivity index (χ1n) is 46.5. The Balaban J connectivity index is -0.000000114. The van der Waals surface area contributed by atoms with Crippen molar-refractivity contribution < 1.29 is 0 Å². The predicted molar refractivity (Wildman–Crippen MR) is 491 cm³/mol. The van der Waals surface area contributed by atoms with E-state index in [4.69, 9.17) is 0 Å². The first kappa shape index (κ1) is 123. The number of rotatable bonds is 21. The van der Waals surface area contributed by atoms with E-state index in [0.29, 0.717) is 37.9 Å². The average molecular weight is 1450 g/mol. The molecule has 0 nitrogen and oxygen atoms in total. The molecule has 3 aliphatic rings. The second-order valence-corrected chi connectivity index (χ2v) is 41.9. The minimum atomic E-state index is 0.443. The maximum Gasteiger partial charge on any atom is -0.0308 e. The van der Waals surface area contributed by atoms with Crippen molar-refractivity contribution in [2.75, 3.05) is 0 Å². The van der Waals surface area contributed by atoms with Crippen LogP contribution in [0, 0.1) is 127 Å². The fraction of sp³-hybridized carbons (Fsp3) is 1.00. The van der Waals surface area contributed by atoms with E-state index >= 15 is 0 Å². The Morgan fingerprint density at radius 2 is 0.569 bits per heavy atom. The van der Waals surface area contributed by atoms with E-state index in [1.165, 1.54) is 199 Å². The highest BCUT2D eigenvalue weighted by atomic mass is 14.4. The van der Waals surface area contributed by atoms with Gasteiger partial charge in [0.2, 0.25) is 0 Å². The molecule has 0 spiro atoms. The highest BCUT2D eigenvalue weighted by molar-refractivity contribution is 4.82. The van der Waals surface area contributed by atoms with Gasteiger partial charge in [0.15, 0.2) is 0 Å². The van der Waals surface area contributed by atoms with Gasteiger partial charge in [-0.15, -0.1) is 0 Å². The van der Waals surface area contributed by atoms with E-state index < -0.39 is 0 Å². The Kier molecular flexibility index (Phi) is 87.4. The van der Waals surface area contributed by atoms with Crippen molar-refractivity contribution in [3.05, 3.63) is 0 Å². The van der Waals surface area contributed by atoms with Crippen molar-refractivity contribution >= 4 is 0 Å². The van der Waals surface area contributed by atoms with Gasteiger partial charge in [0.25, 0.3) is 0 Å². The van der Waals surface area contributed by atoms with Crippen molar-refractivity contribution in [2.45, 2.75) is 538 Å². The molecule has 3 rings (SSSR count). The van der Waals surface area contributed by atoms with E-state index in [2.05, 4.69) is 339 Å². The normalized spacial score (nSPS) is 15.7. The van der Waals surface area contributed by atoms with Crippen LogP contribution < -0.4 is 0 Å². The van der Waals surface area contributed by atoms with Crippen LogP contribution >= 0.6 is 0 Å². The van der Waals surface area contributed by atoms with Gasteiger partial charge in [0, 0.05) is 0 Å². The van der Waals surface area contributed by atoms with Gasteiger partial charge in [0.1, 0.15) is 0 Å². The lowest BCUT2D eigenvalue weighted by Crippen LogP contribution is -2.29. The Hall–Kier alpha value is 0. The Morgan fingerprint density at radius 3 is 0.676 bits per heavy atom. The van der Waals surface area contributed by atoms with Crippen LogP contribution in [0.5, 0.6) is 0 Å². The van der Waals surface area contributed by atoms with Crippen LogP contribution in [-0.4, -0.2) is 0 Å². The van der Waals surface area contributed by atoms with Crippen LogP contribution in [0.3, 0.4) is 0 Å². The van der Waals surface area contributed by atoms with Crippen molar-refractivity contribution in [1.82, 2.24) is 0 Å². The molecule has 0 amide bonds. The van der Waals surface area contributed by atoms with Crippen molar-refractivity contribution in [3.63, 3.8) is 0 Å². The molecule has 0 bridgehead atoms. The highest BCUT2D eigenvalue weighted by Gasteiger charge is 2.31. The van der Waals surface area contributed by atoms with E-state index in [0.717, 1.165) is 88.8 Å². The molecule has 102 heavy (non-hydrogen) atoms. The SMILES string of the molecule is CC(C(C)(C)C)C(C)(C)C.CC(C)C.CC(C)C(C)(C)C.CC(C)C(C)C(C)C.CC(C1CCCCC1)C1CCCCC1.CCC(C)(C)C.CCC(C)(C)C1CCCCC1.CCC(C)(C)CC.CCC(C)C.CCC(C)C(C)CC.CCC(C)CC.CCC(CC)(CC)CC.CCCC(C)CC. The highest BCUT2D eigenvalue weighted by Crippen LogP contribution is 2.42. The van der Waals surface area contributed by atoms with E-state index in [1.54, 1.807) is 0 Å². The molecule has 3 fully saturated rings. The van der Waals surface area contributed by atoms with Crippen molar-refractivity contribution in [2.24, 2.45) is 127 Å². The summed E-state index contributed by atoms with van der Waals surface area (Å²) in [5, 5.41) is 0. The van der Waals surface area contributed by atoms with Crippen LogP contribution in [0.2, 0.25) is 0 Å². The van der Waals surface area contributed by atoms with E-state index in [-0.39, 0.29) is 0 Å². The zero-order valence-electron chi connectivity index (χ0n) is 83.1. The third-order valence-corrected chi connectivity index (χ3v) is 26.8. The van der Waals surface area contributed by atoms with Gasteiger partial charge in [-0.05, 0) is 140 Å². The quantitative estimate of drug-likeness (QED) is 0.107. The molecule has 0 heterocycles. The van der Waals surface area contributed by atoms with Crippen LogP contribution in [0.1, 0.15) is 538 Å². The van der Waals surface area contributed by atoms with Gasteiger partial charge in [0.05, 0.1) is 0 Å². The topological polar surface area (TPSA) is 0 Å². The van der Waals surface area contributed by atoms with Crippen LogP contribution in [0.25, 0.3) is 0 Å². The minimum Gasteiger partial charge on any atom is -0.0654 e. The third kappa shape index (κ3) is 85.6. The standard InChI is InChI=1S/C14H26.C11H22.C10H22.C9H20.2C8H18.3C7H16.2C6H14.C5H12.C4H10/c1-12(13-8-4-2-5-9-13)14-10-6-3-7-11-14;1-4-11(2,3)10-8-6-5-7-9-10;1-8(9(2,3)4)10(5,6)7;1-5-9(6-2,7-3)8-4;1-6(2)8(5)7(3)4;1-5-7(3)8(4)6-2;1-6(2)7(3,4)5;1-5-7(3,4)6-2;1-4-6-7(3)5-2;1-5-6(2,3)4;1-4-6(3)5-2;1-4-5(2)3;1-4(2)3/h12-14H,2-11H2,1H3;10H,4-9H2,1-3H3;8H,1-7H3;5-8H2,1-4H3;6-8H,1-5H3;7-8H,5-6H2,1-4H3;6H,1-5H3;5-6H2,1-4H3;7H,4-6H2,1-3H3;5H2,1-4H3;6H,4-5H2,1-3H3;5H,4H2,1-3H3;4H,1-3H3. The summed E-state index contributed by atoms with van der Waals surface area (Å²) >= 11 is 0. The maximum absolute atomic E-state index is 2.55. The third-order valence-electron chi connectivity index (χ3n) is 26.8. The van der Waals surface area contributed by atoms with Gasteiger partial charge >= 0.3 is 0 Å². The van der Waals surface area contributed by atoms with Gasteiger partial charge in [-0.25, -0.2) is 0 Å². The molecule has 0 radical (unpaired) electrons. The molecule has 0 N–H and O–H groups in total. The lowest BCUT2D eigenvalue weighted by Gasteiger charge is -2.38. The van der Waals surface area contributed by atoms with Crippen molar-refractivity contribution in [1.29, 1.82) is 0 Å². The summed E-state index contributed by atoms with van der Waals surface area (Å²) in [7, 11) is 0. The number of hydrogen-bond donors (Lipinski definition) is 0. The zero-order valence-corrected chi connectivity index (χ0v) is 83.1. The predicted octanol–water partition coefficient (Wildman–Crippen LogP) is 39.1. The summed E-state index contributed by atoms with van der Waals surface area (Å²) in [5.41, 5.74) is 3.79. The van der Waals surface area contributed by atoms with Gasteiger partial charge < -0.3 is 0 Å². The molecule has 0 aromatic rings. The molecule has 3 atom stereocenters. The summed E-state index contributed by atoms with van der Waals surface area (Å²) in [5.74, 6) is 13.8. The number of hydrogen-bond acceptors (Lipinski definition) is 0. The Labute approximate surface area is 661 Å². The summed E-state index contributed by atoms with van der Waals surface area (Å²) < 4.78 is 0. The molecule has 3 unspecified atom stereocenters. The van der Waals surface area contributed by atoms with E-state index in [9.17, 15) is 0 Å². The summed E-state index contributed by atoms with van der Waals surface area (Å²) in [6, 6.07) is 0. The first-order valence-corrected chi connectivity index (χ1v) is 46.5. The molecule has 632 valence electrons. The average Bonchev–Trinajstić information content (AvgIpc) is 0.866. The van der Waals surface area contributed by atoms with Gasteiger partial charge in [-0.2, -0.15) is 0 Å². The summed E-state index contributed by atoms with van der Waals surface area (Å²) in [6.07, 6.45) is 43.9. The fourth-order valence-corrected chi connectivity index (χ4v) is 11.5. The summed E-state index contributed by atoms with van der Waals surface area (Å²) in [4.78, 5) is 0. The smallest absolute Gasteiger partial charge is 0.0308 e. The van der Waals surface area contributed by atoms with Crippen LogP contribution in [0.4, 0.5) is 0 Å². The summed E-state index contributed by atoms with van der Waals surface area (Å²) in [6.45, 7) is 112. The Morgan fingerprint density at radius 1 is 0.304 bits per heavy atom. The second kappa shape index (κ2) is 72.5. The second-order valence-electron chi connectivity index (χ2n) is 41.9. The lowest BCUT2D eigenvalue weighted by molar-refractivity contribution is 0.121. The Bertz CT molecular complexity index is 1460. The molecule has 3 aliphatic carbocycles. The van der Waals surface area contributed by atoms with Crippen molar-refractivity contribution in [3.8, 4) is 0 Å². The molecule has 0 saturated heterocycles. The molecule has 0 aromatic carbocycles. The van der Waals surface area contributed by atoms with Gasteiger partial charge in [-0.3, -0.25) is 0 Å². The molecule has 0 aliphatic heterocycles. The molecule has 0 aromatic heterocycles. The molecular formula is C102H224.